The van der Waals surface area contributed by atoms with Gasteiger partial charge in [0, 0.05) is 37.4 Å². The number of rotatable bonds is 6. The fourth-order valence-corrected chi connectivity index (χ4v) is 4.69. The first-order valence-corrected chi connectivity index (χ1v) is 10.8. The van der Waals surface area contributed by atoms with Gasteiger partial charge in [-0.2, -0.15) is 4.31 Å². The molecule has 0 bridgehead atoms. The van der Waals surface area contributed by atoms with E-state index in [9.17, 15) is 13.2 Å². The maximum atomic E-state index is 12.8. The highest BCUT2D eigenvalue weighted by Gasteiger charge is 2.27. The molecule has 1 saturated heterocycles. The molecule has 0 spiro atoms. The van der Waals surface area contributed by atoms with E-state index in [2.05, 4.69) is 22.3 Å². The van der Waals surface area contributed by atoms with Crippen molar-refractivity contribution >= 4 is 21.6 Å². The molecule has 0 saturated carbocycles. The molecule has 3 rings (SSSR count). The lowest BCUT2D eigenvalue weighted by Gasteiger charge is -2.33. The average molecular weight is 407 g/mol. The summed E-state index contributed by atoms with van der Waals surface area (Å²) in [5.41, 5.74) is 2.01. The number of aromatic nitrogens is 1. The van der Waals surface area contributed by atoms with Gasteiger partial charge in [0.05, 0.1) is 17.0 Å². The zero-order valence-corrected chi connectivity index (χ0v) is 17.3. The van der Waals surface area contributed by atoms with Gasteiger partial charge in [-0.1, -0.05) is 12.1 Å². The summed E-state index contributed by atoms with van der Waals surface area (Å²) < 4.78 is 32.2. The number of anilines is 1. The summed E-state index contributed by atoms with van der Waals surface area (Å²) in [6, 6.07) is 6.29. The van der Waals surface area contributed by atoms with Crippen LogP contribution in [0.15, 0.2) is 33.7 Å². The molecule has 8 nitrogen and oxygen atoms in total. The zero-order chi connectivity index (χ0) is 20.3. The first-order valence-electron chi connectivity index (χ1n) is 9.35. The molecule has 0 aliphatic carbocycles. The average Bonchev–Trinajstić information content (AvgIpc) is 3.00. The van der Waals surface area contributed by atoms with Crippen molar-refractivity contribution in [2.75, 3.05) is 38.0 Å². The number of carbonyl (C=O) groups excluding carboxylic acids is 1. The maximum Gasteiger partial charge on any atom is 0.243 e. The van der Waals surface area contributed by atoms with Crippen LogP contribution in [-0.4, -0.2) is 61.4 Å². The smallest absolute Gasteiger partial charge is 0.243 e. The fraction of sp³-hybridized carbons (Fsp3) is 0.474. The van der Waals surface area contributed by atoms with Crippen LogP contribution in [0.1, 0.15) is 23.9 Å². The molecule has 1 fully saturated rings. The lowest BCUT2D eigenvalue weighted by Crippen LogP contribution is -2.48. The quantitative estimate of drug-likeness (QED) is 0.786. The predicted octanol–water partition coefficient (Wildman–Crippen LogP) is 1.80. The van der Waals surface area contributed by atoms with Gasteiger partial charge < -0.3 is 14.7 Å². The summed E-state index contributed by atoms with van der Waals surface area (Å²) in [5.74, 6) is 0.415. The molecule has 2 heterocycles. The van der Waals surface area contributed by atoms with Crippen LogP contribution in [0, 0.1) is 13.8 Å². The molecule has 1 aromatic heterocycles. The van der Waals surface area contributed by atoms with Crippen molar-refractivity contribution < 1.29 is 17.7 Å². The molecule has 2 aromatic rings. The van der Waals surface area contributed by atoms with E-state index >= 15 is 0 Å². The van der Waals surface area contributed by atoms with Gasteiger partial charge in [0.25, 0.3) is 0 Å². The molecule has 0 unspecified atom stereocenters. The van der Waals surface area contributed by atoms with E-state index in [1.54, 1.807) is 26.0 Å². The second-order valence-corrected chi connectivity index (χ2v) is 8.83. The van der Waals surface area contributed by atoms with E-state index in [1.807, 2.05) is 0 Å². The predicted molar refractivity (Wildman–Crippen MR) is 106 cm³/mol. The minimum absolute atomic E-state index is 0.156. The van der Waals surface area contributed by atoms with Gasteiger partial charge in [0.15, 0.2) is 0 Å². The number of benzene rings is 1. The van der Waals surface area contributed by atoms with Crippen LogP contribution in [0.2, 0.25) is 0 Å². The number of hydrogen-bond donors (Lipinski definition) is 1. The van der Waals surface area contributed by atoms with Gasteiger partial charge in [0.1, 0.15) is 5.76 Å². The van der Waals surface area contributed by atoms with Crippen LogP contribution < -0.4 is 5.32 Å². The lowest BCUT2D eigenvalue weighted by molar-refractivity contribution is -0.115. The van der Waals surface area contributed by atoms with Gasteiger partial charge in [-0.3, -0.25) is 4.79 Å². The molecule has 1 aliphatic rings. The molecule has 1 N–H and O–H groups in total. The molecule has 1 aromatic carbocycles. The minimum Gasteiger partial charge on any atom is -0.361 e. The van der Waals surface area contributed by atoms with Crippen molar-refractivity contribution in [3.05, 3.63) is 41.3 Å². The summed E-state index contributed by atoms with van der Waals surface area (Å²) in [6.07, 6.45) is 0.156. The van der Waals surface area contributed by atoms with E-state index in [4.69, 9.17) is 4.52 Å². The number of piperazine rings is 1. The Balaban J connectivity index is 1.64. The highest BCUT2D eigenvalue weighted by Crippen LogP contribution is 2.20. The molecular weight excluding hydrogens is 380 g/mol. The van der Waals surface area contributed by atoms with Gasteiger partial charge in [-0.15, -0.1) is 0 Å². The zero-order valence-electron chi connectivity index (χ0n) is 16.4. The second kappa shape index (κ2) is 8.42. The molecule has 9 heteroatoms. The lowest BCUT2D eigenvalue weighted by atomic mass is 10.1. The normalized spacial score (nSPS) is 16.2. The highest BCUT2D eigenvalue weighted by molar-refractivity contribution is 7.89. The van der Waals surface area contributed by atoms with Crippen LogP contribution in [0.4, 0.5) is 5.69 Å². The number of aryl methyl sites for hydroxylation is 2. The van der Waals surface area contributed by atoms with E-state index in [0.717, 1.165) is 25.2 Å². The Morgan fingerprint density at radius 1 is 1.14 bits per heavy atom. The largest absolute Gasteiger partial charge is 0.361 e. The van der Waals surface area contributed by atoms with E-state index in [1.165, 1.54) is 16.4 Å². The van der Waals surface area contributed by atoms with Gasteiger partial charge in [-0.25, -0.2) is 8.42 Å². The minimum atomic E-state index is -3.52. The third-order valence-corrected chi connectivity index (χ3v) is 6.99. The molecular formula is C19H26N4O4S. The van der Waals surface area contributed by atoms with Crippen molar-refractivity contribution in [3.63, 3.8) is 0 Å². The van der Waals surface area contributed by atoms with Crippen molar-refractivity contribution in [1.82, 2.24) is 14.4 Å². The molecule has 0 atom stereocenters. The fourth-order valence-electron chi connectivity index (χ4n) is 3.27. The first-order chi connectivity index (χ1) is 13.3. The van der Waals surface area contributed by atoms with E-state index in [-0.39, 0.29) is 17.2 Å². The van der Waals surface area contributed by atoms with E-state index in [0.29, 0.717) is 30.2 Å². The Labute approximate surface area is 165 Å². The number of nitrogens with one attached hydrogen (secondary N) is 1. The van der Waals surface area contributed by atoms with Gasteiger partial charge in [0.2, 0.25) is 15.9 Å². The Hall–Kier alpha value is -2.23. The number of nitrogens with zero attached hydrogens (tertiary/aromatic N) is 3. The number of carbonyl (C=O) groups is 1. The van der Waals surface area contributed by atoms with Crippen LogP contribution >= 0.6 is 0 Å². The topological polar surface area (TPSA) is 95.8 Å². The third-order valence-electron chi connectivity index (χ3n) is 5.07. The number of likely N-dealkylation sites (N-methyl/N-ethyl adjacent to an activating group) is 1. The van der Waals surface area contributed by atoms with Crippen LogP contribution in [0.5, 0.6) is 0 Å². The van der Waals surface area contributed by atoms with Crippen molar-refractivity contribution in [1.29, 1.82) is 0 Å². The summed E-state index contributed by atoms with van der Waals surface area (Å²) >= 11 is 0. The van der Waals surface area contributed by atoms with Gasteiger partial charge >= 0.3 is 0 Å². The Morgan fingerprint density at radius 2 is 1.79 bits per heavy atom. The Kier molecular flexibility index (Phi) is 6.17. The second-order valence-electron chi connectivity index (χ2n) is 6.89. The summed E-state index contributed by atoms with van der Waals surface area (Å²) in [7, 11) is -3.52. The van der Waals surface area contributed by atoms with Gasteiger partial charge in [-0.05, 0) is 44.7 Å². The van der Waals surface area contributed by atoms with Crippen molar-refractivity contribution in [2.45, 2.75) is 32.1 Å². The van der Waals surface area contributed by atoms with Crippen molar-refractivity contribution in [3.8, 4) is 0 Å². The van der Waals surface area contributed by atoms with Crippen LogP contribution in [0.3, 0.4) is 0 Å². The van der Waals surface area contributed by atoms with Crippen LogP contribution in [0.25, 0.3) is 0 Å². The molecule has 1 amide bonds. The Morgan fingerprint density at radius 3 is 2.32 bits per heavy atom. The SMILES string of the molecule is CCN1CCN(S(=O)(=O)c2ccc(NC(=O)Cc3c(C)noc3C)cc2)CC1. The van der Waals surface area contributed by atoms with Crippen LogP contribution in [-0.2, 0) is 21.2 Å². The molecule has 1 aliphatic heterocycles. The molecule has 0 radical (unpaired) electrons. The first kappa shape index (κ1) is 20.5. The standard InChI is InChI=1S/C19H26N4O4S/c1-4-22-9-11-23(12-10-22)28(25,26)17-7-5-16(6-8-17)20-19(24)13-18-14(2)21-27-15(18)3/h5-8H,4,9-13H2,1-3H3,(H,20,24). The van der Waals surface area contributed by atoms with E-state index < -0.39 is 10.0 Å². The molecule has 152 valence electrons. The summed E-state index contributed by atoms with van der Waals surface area (Å²) in [5, 5.41) is 6.62. The highest BCUT2D eigenvalue weighted by atomic mass is 32.2. The maximum absolute atomic E-state index is 12.8. The monoisotopic (exact) mass is 406 g/mol. The number of sulfonamides is 1. The summed E-state index contributed by atoms with van der Waals surface area (Å²) in [4.78, 5) is 14.7. The Bertz CT molecular complexity index is 910. The number of hydrogen-bond acceptors (Lipinski definition) is 6. The molecule has 28 heavy (non-hydrogen) atoms. The summed E-state index contributed by atoms with van der Waals surface area (Å²) in [6.45, 7) is 9.02. The third kappa shape index (κ3) is 4.43. The van der Waals surface area contributed by atoms with Crippen molar-refractivity contribution in [2.24, 2.45) is 0 Å². The number of amides is 1.